The zero-order valence-corrected chi connectivity index (χ0v) is 15.5. The molecule has 0 radical (unpaired) electrons. The first-order valence-corrected chi connectivity index (χ1v) is 9.02. The molecule has 0 spiro atoms. The van der Waals surface area contributed by atoms with Crippen molar-refractivity contribution in [3.8, 4) is 5.75 Å². The SMILES string of the molecule is OC(CNCCNc1c(Cl)cccc1Cl)COc1cccc2[nH]ncc12. The standard InChI is InChI=1S/C18H20Cl2N4O2/c19-14-3-1-4-15(20)18(14)22-8-7-21-9-12(25)11-26-17-6-2-5-16-13(17)10-23-24-16/h1-6,10,12,21-22,25H,7-9,11H2,(H,23,24). The van der Waals surface area contributed by atoms with Gasteiger partial charge in [-0.2, -0.15) is 5.10 Å². The van der Waals surface area contributed by atoms with Crippen LogP contribution in [0.3, 0.4) is 0 Å². The van der Waals surface area contributed by atoms with E-state index in [1.807, 2.05) is 18.2 Å². The van der Waals surface area contributed by atoms with Crippen LogP contribution in [-0.4, -0.2) is 47.6 Å². The number of H-pyrrole nitrogens is 1. The number of anilines is 1. The van der Waals surface area contributed by atoms with Crippen LogP contribution < -0.4 is 15.4 Å². The molecule has 1 aromatic heterocycles. The molecule has 3 aromatic rings. The number of hydrogen-bond acceptors (Lipinski definition) is 5. The molecular formula is C18H20Cl2N4O2. The Hall–Kier alpha value is -1.99. The quantitative estimate of drug-likeness (QED) is 0.418. The highest BCUT2D eigenvalue weighted by Gasteiger charge is 2.08. The molecule has 0 aliphatic rings. The van der Waals surface area contributed by atoms with Gasteiger partial charge in [0.15, 0.2) is 0 Å². The van der Waals surface area contributed by atoms with E-state index >= 15 is 0 Å². The van der Waals surface area contributed by atoms with Gasteiger partial charge in [0.1, 0.15) is 18.5 Å². The summed E-state index contributed by atoms with van der Waals surface area (Å²) in [6.45, 7) is 1.89. The number of aliphatic hydroxyl groups excluding tert-OH is 1. The summed E-state index contributed by atoms with van der Waals surface area (Å²) >= 11 is 12.2. The monoisotopic (exact) mass is 394 g/mol. The maximum Gasteiger partial charge on any atom is 0.130 e. The molecule has 3 rings (SSSR count). The summed E-state index contributed by atoms with van der Waals surface area (Å²) in [7, 11) is 0. The van der Waals surface area contributed by atoms with E-state index in [0.717, 1.165) is 16.6 Å². The Morgan fingerprint density at radius 3 is 2.69 bits per heavy atom. The van der Waals surface area contributed by atoms with E-state index in [-0.39, 0.29) is 6.61 Å². The number of para-hydroxylation sites is 1. The van der Waals surface area contributed by atoms with Gasteiger partial charge in [-0.3, -0.25) is 5.10 Å². The Labute approximate surface area is 161 Å². The predicted molar refractivity (Wildman–Crippen MR) is 105 cm³/mol. The Balaban J connectivity index is 1.37. The van der Waals surface area contributed by atoms with Crippen LogP contribution in [-0.2, 0) is 0 Å². The third-order valence-corrected chi connectivity index (χ3v) is 4.45. The molecule has 138 valence electrons. The van der Waals surface area contributed by atoms with E-state index in [4.69, 9.17) is 27.9 Å². The van der Waals surface area contributed by atoms with Gasteiger partial charge in [-0.05, 0) is 24.3 Å². The minimum absolute atomic E-state index is 0.195. The third-order valence-electron chi connectivity index (χ3n) is 3.82. The number of aromatic amines is 1. The zero-order chi connectivity index (χ0) is 18.4. The Morgan fingerprint density at radius 2 is 1.88 bits per heavy atom. The average molecular weight is 395 g/mol. The van der Waals surface area contributed by atoms with Crippen molar-refractivity contribution in [3.63, 3.8) is 0 Å². The zero-order valence-electron chi connectivity index (χ0n) is 14.0. The summed E-state index contributed by atoms with van der Waals surface area (Å²) in [6.07, 6.45) is 1.09. The number of fused-ring (bicyclic) bond motifs is 1. The van der Waals surface area contributed by atoms with Crippen molar-refractivity contribution < 1.29 is 9.84 Å². The fourth-order valence-corrected chi connectivity index (χ4v) is 3.05. The minimum Gasteiger partial charge on any atom is -0.490 e. The van der Waals surface area contributed by atoms with Crippen molar-refractivity contribution >= 4 is 39.8 Å². The second-order valence-electron chi connectivity index (χ2n) is 5.78. The second-order valence-corrected chi connectivity index (χ2v) is 6.59. The van der Waals surface area contributed by atoms with E-state index < -0.39 is 6.10 Å². The van der Waals surface area contributed by atoms with Crippen LogP contribution in [0.4, 0.5) is 5.69 Å². The Kier molecular flexibility index (Phi) is 6.57. The fourth-order valence-electron chi connectivity index (χ4n) is 2.52. The molecule has 1 atom stereocenters. The number of aromatic nitrogens is 2. The van der Waals surface area contributed by atoms with Crippen LogP contribution in [0.15, 0.2) is 42.6 Å². The lowest BCUT2D eigenvalue weighted by molar-refractivity contribution is 0.107. The van der Waals surface area contributed by atoms with Crippen molar-refractivity contribution in [3.05, 3.63) is 52.6 Å². The van der Waals surface area contributed by atoms with Gasteiger partial charge in [-0.1, -0.05) is 35.3 Å². The first-order valence-electron chi connectivity index (χ1n) is 8.26. The summed E-state index contributed by atoms with van der Waals surface area (Å²) in [5, 5.41) is 25.3. The molecule has 0 aliphatic carbocycles. The fraction of sp³-hybridized carbons (Fsp3) is 0.278. The van der Waals surface area contributed by atoms with Gasteiger partial charge < -0.3 is 20.5 Å². The van der Waals surface area contributed by atoms with Crippen molar-refractivity contribution in [2.75, 3.05) is 31.6 Å². The normalized spacial score (nSPS) is 12.3. The van der Waals surface area contributed by atoms with E-state index in [1.165, 1.54) is 0 Å². The van der Waals surface area contributed by atoms with Gasteiger partial charge in [-0.15, -0.1) is 0 Å². The van der Waals surface area contributed by atoms with Crippen molar-refractivity contribution in [1.82, 2.24) is 15.5 Å². The molecule has 4 N–H and O–H groups in total. The highest BCUT2D eigenvalue weighted by molar-refractivity contribution is 6.39. The number of rotatable bonds is 9. The van der Waals surface area contributed by atoms with Crippen LogP contribution in [0.5, 0.6) is 5.75 Å². The summed E-state index contributed by atoms with van der Waals surface area (Å²) in [4.78, 5) is 0. The molecule has 2 aromatic carbocycles. The summed E-state index contributed by atoms with van der Waals surface area (Å²) < 4.78 is 5.70. The maximum atomic E-state index is 10.1. The van der Waals surface area contributed by atoms with Crippen LogP contribution in [0.25, 0.3) is 10.9 Å². The highest BCUT2D eigenvalue weighted by Crippen LogP contribution is 2.29. The first-order chi connectivity index (χ1) is 12.6. The number of nitrogens with zero attached hydrogens (tertiary/aromatic N) is 1. The number of halogens is 2. The van der Waals surface area contributed by atoms with Crippen molar-refractivity contribution in [2.45, 2.75) is 6.10 Å². The van der Waals surface area contributed by atoms with Gasteiger partial charge in [-0.25, -0.2) is 0 Å². The molecule has 1 unspecified atom stereocenters. The number of aliphatic hydroxyl groups is 1. The Morgan fingerprint density at radius 1 is 1.12 bits per heavy atom. The molecule has 0 saturated carbocycles. The molecule has 0 aliphatic heterocycles. The Bertz CT molecular complexity index is 836. The molecule has 8 heteroatoms. The molecule has 6 nitrogen and oxygen atoms in total. The first kappa shape index (κ1) is 18.8. The number of nitrogens with one attached hydrogen (secondary N) is 3. The summed E-state index contributed by atoms with van der Waals surface area (Å²) in [5.41, 5.74) is 1.62. The number of ether oxygens (including phenoxy) is 1. The van der Waals surface area contributed by atoms with E-state index in [0.29, 0.717) is 35.4 Å². The smallest absolute Gasteiger partial charge is 0.130 e. The summed E-state index contributed by atoms with van der Waals surface area (Å²) in [5.74, 6) is 0.699. The highest BCUT2D eigenvalue weighted by atomic mass is 35.5. The predicted octanol–water partition coefficient (Wildman–Crippen LogP) is 3.31. The van der Waals surface area contributed by atoms with Crippen LogP contribution in [0.1, 0.15) is 0 Å². The third kappa shape index (κ3) is 4.80. The van der Waals surface area contributed by atoms with E-state index in [1.54, 1.807) is 24.4 Å². The minimum atomic E-state index is -0.624. The van der Waals surface area contributed by atoms with E-state index in [2.05, 4.69) is 20.8 Å². The van der Waals surface area contributed by atoms with Gasteiger partial charge in [0.2, 0.25) is 0 Å². The number of benzene rings is 2. The lowest BCUT2D eigenvalue weighted by Crippen LogP contribution is -2.34. The molecule has 1 heterocycles. The van der Waals surface area contributed by atoms with Crippen molar-refractivity contribution in [2.24, 2.45) is 0 Å². The van der Waals surface area contributed by atoms with E-state index in [9.17, 15) is 5.11 Å². The van der Waals surface area contributed by atoms with Gasteiger partial charge in [0.25, 0.3) is 0 Å². The van der Waals surface area contributed by atoms with Crippen LogP contribution in [0, 0.1) is 0 Å². The molecule has 0 saturated heterocycles. The number of hydrogen-bond donors (Lipinski definition) is 4. The molecule has 0 amide bonds. The molecule has 26 heavy (non-hydrogen) atoms. The van der Waals surface area contributed by atoms with Crippen molar-refractivity contribution in [1.29, 1.82) is 0 Å². The van der Waals surface area contributed by atoms with Gasteiger partial charge >= 0.3 is 0 Å². The lowest BCUT2D eigenvalue weighted by atomic mass is 10.2. The molecule has 0 bridgehead atoms. The topological polar surface area (TPSA) is 82.2 Å². The lowest BCUT2D eigenvalue weighted by Gasteiger charge is -2.15. The molecular weight excluding hydrogens is 375 g/mol. The van der Waals surface area contributed by atoms with Crippen LogP contribution in [0.2, 0.25) is 10.0 Å². The maximum absolute atomic E-state index is 10.1. The largest absolute Gasteiger partial charge is 0.490 e. The summed E-state index contributed by atoms with van der Waals surface area (Å²) in [6, 6.07) is 11.0. The van der Waals surface area contributed by atoms with Gasteiger partial charge in [0.05, 0.1) is 32.8 Å². The molecule has 0 fully saturated rings. The second kappa shape index (κ2) is 9.09. The van der Waals surface area contributed by atoms with Gasteiger partial charge in [0, 0.05) is 19.6 Å². The van der Waals surface area contributed by atoms with Crippen LogP contribution >= 0.6 is 23.2 Å². The average Bonchev–Trinajstić information content (AvgIpc) is 3.11.